The van der Waals surface area contributed by atoms with Crippen LogP contribution >= 0.6 is 0 Å². The van der Waals surface area contributed by atoms with Gasteiger partial charge in [0.25, 0.3) is 0 Å². The summed E-state index contributed by atoms with van der Waals surface area (Å²) in [4.78, 5) is 17.5. The second kappa shape index (κ2) is 9.02. The summed E-state index contributed by atoms with van der Waals surface area (Å²) in [7, 11) is 8.23. The van der Waals surface area contributed by atoms with Gasteiger partial charge in [0.15, 0.2) is 0 Å². The molecular formula is C26H36N2O. The third-order valence-electron chi connectivity index (χ3n) is 6.61. The number of carbonyl (C=O) groups is 1. The maximum absolute atomic E-state index is 13.2. The summed E-state index contributed by atoms with van der Waals surface area (Å²) in [5, 5.41) is 0. The van der Waals surface area contributed by atoms with E-state index in [9.17, 15) is 4.79 Å². The number of rotatable bonds is 6. The van der Waals surface area contributed by atoms with E-state index in [0.29, 0.717) is 17.6 Å². The predicted octanol–water partition coefficient (Wildman–Crippen LogP) is 5.59. The Hall–Kier alpha value is -2.29. The van der Waals surface area contributed by atoms with Gasteiger partial charge in [0, 0.05) is 57.8 Å². The molecule has 0 aromatic heterocycles. The van der Waals surface area contributed by atoms with Crippen molar-refractivity contribution in [3.8, 4) is 0 Å². The lowest BCUT2D eigenvalue weighted by molar-refractivity contribution is -0.127. The maximum Gasteiger partial charge on any atom is 0.137 e. The Morgan fingerprint density at radius 2 is 1.21 bits per heavy atom. The summed E-state index contributed by atoms with van der Waals surface area (Å²) >= 11 is 0. The number of carbonyl (C=O) groups excluding carboxylic acids is 1. The van der Waals surface area contributed by atoms with Crippen molar-refractivity contribution >= 4 is 17.2 Å². The molecule has 3 nitrogen and oxygen atoms in total. The molecule has 0 bridgehead atoms. The number of nitrogens with zero attached hydrogens (tertiary/aromatic N) is 2. The summed E-state index contributed by atoms with van der Waals surface area (Å²) in [5.41, 5.74) is 4.86. The summed E-state index contributed by atoms with van der Waals surface area (Å²) in [5.74, 6) is 1.75. The van der Waals surface area contributed by atoms with Crippen LogP contribution in [0.25, 0.3) is 0 Å². The molecule has 1 aliphatic carbocycles. The third-order valence-corrected chi connectivity index (χ3v) is 6.61. The highest BCUT2D eigenvalue weighted by Crippen LogP contribution is 2.42. The van der Waals surface area contributed by atoms with Crippen LogP contribution in [0, 0.1) is 17.8 Å². The zero-order chi connectivity index (χ0) is 21.1. The monoisotopic (exact) mass is 392 g/mol. The summed E-state index contributed by atoms with van der Waals surface area (Å²) in [6.45, 7) is 4.49. The van der Waals surface area contributed by atoms with E-state index in [-0.39, 0.29) is 11.8 Å². The average Bonchev–Trinajstić information content (AvgIpc) is 2.70. The minimum absolute atomic E-state index is 0.0698. The largest absolute Gasteiger partial charge is 0.378 e. The molecule has 0 spiro atoms. The fourth-order valence-electron chi connectivity index (χ4n) is 4.60. The van der Waals surface area contributed by atoms with Gasteiger partial charge in [-0.05, 0) is 60.1 Å². The van der Waals surface area contributed by atoms with Gasteiger partial charge in [-0.15, -0.1) is 0 Å². The summed E-state index contributed by atoms with van der Waals surface area (Å²) in [6, 6.07) is 17.5. The molecule has 0 saturated heterocycles. The molecular weight excluding hydrogens is 356 g/mol. The minimum atomic E-state index is 0.0698. The Bertz CT molecular complexity index is 754. The number of hydrogen-bond acceptors (Lipinski definition) is 3. The van der Waals surface area contributed by atoms with E-state index < -0.39 is 0 Å². The van der Waals surface area contributed by atoms with E-state index in [0.717, 1.165) is 19.3 Å². The zero-order valence-corrected chi connectivity index (χ0v) is 18.9. The lowest BCUT2D eigenvalue weighted by Crippen LogP contribution is -2.32. The molecule has 0 N–H and O–H groups in total. The lowest BCUT2D eigenvalue weighted by Gasteiger charge is -2.35. The van der Waals surface area contributed by atoms with E-state index in [1.165, 1.54) is 22.5 Å². The van der Waals surface area contributed by atoms with Crippen molar-refractivity contribution in [3.63, 3.8) is 0 Å². The minimum Gasteiger partial charge on any atom is -0.378 e. The molecule has 2 aromatic carbocycles. The van der Waals surface area contributed by atoms with E-state index in [1.54, 1.807) is 0 Å². The SMILES string of the molecule is CC(C)[C@H]1CC[C@@H](C(c2ccc(N(C)C)cc2)c2ccc(N(C)C)cc2)C(=O)C1. The number of benzene rings is 2. The Balaban J connectivity index is 1.96. The van der Waals surface area contributed by atoms with Crippen molar-refractivity contribution in [2.45, 2.75) is 39.0 Å². The molecule has 1 aliphatic rings. The molecule has 0 heterocycles. The van der Waals surface area contributed by atoms with Gasteiger partial charge in [-0.25, -0.2) is 0 Å². The highest BCUT2D eigenvalue weighted by Gasteiger charge is 2.36. The van der Waals surface area contributed by atoms with E-state index in [2.05, 4.69) is 100 Å². The first-order chi connectivity index (χ1) is 13.8. The van der Waals surface area contributed by atoms with Crippen LogP contribution in [-0.2, 0) is 4.79 Å². The number of anilines is 2. The fourth-order valence-corrected chi connectivity index (χ4v) is 4.60. The van der Waals surface area contributed by atoms with Gasteiger partial charge in [-0.2, -0.15) is 0 Å². The molecule has 156 valence electrons. The number of Topliss-reactive ketones (excluding diaryl/α,β-unsaturated/α-hetero) is 1. The first-order valence-electron chi connectivity index (χ1n) is 10.8. The average molecular weight is 393 g/mol. The van der Waals surface area contributed by atoms with Gasteiger partial charge < -0.3 is 9.80 Å². The van der Waals surface area contributed by atoms with Gasteiger partial charge in [0.1, 0.15) is 5.78 Å². The zero-order valence-electron chi connectivity index (χ0n) is 18.9. The number of ketones is 1. The Morgan fingerprint density at radius 3 is 1.55 bits per heavy atom. The van der Waals surface area contributed by atoms with Crippen molar-refractivity contribution in [2.24, 2.45) is 17.8 Å². The Labute approximate surface area is 176 Å². The van der Waals surface area contributed by atoms with Crippen LogP contribution in [0.1, 0.15) is 50.2 Å². The van der Waals surface area contributed by atoms with Gasteiger partial charge in [-0.1, -0.05) is 38.1 Å². The van der Waals surface area contributed by atoms with Crippen molar-refractivity contribution in [1.82, 2.24) is 0 Å². The Kier molecular flexibility index (Phi) is 6.66. The first kappa shape index (κ1) is 21.4. The van der Waals surface area contributed by atoms with Crippen LogP contribution in [0.15, 0.2) is 48.5 Å². The molecule has 2 aromatic rings. The molecule has 0 unspecified atom stereocenters. The quantitative estimate of drug-likeness (QED) is 0.640. The predicted molar refractivity (Wildman–Crippen MR) is 124 cm³/mol. The molecule has 3 heteroatoms. The van der Waals surface area contributed by atoms with Crippen LogP contribution in [0.3, 0.4) is 0 Å². The molecule has 1 fully saturated rings. The van der Waals surface area contributed by atoms with Crippen LogP contribution < -0.4 is 9.80 Å². The third kappa shape index (κ3) is 4.83. The lowest BCUT2D eigenvalue weighted by atomic mass is 9.68. The molecule has 29 heavy (non-hydrogen) atoms. The molecule has 3 rings (SSSR count). The van der Waals surface area contributed by atoms with E-state index >= 15 is 0 Å². The molecule has 2 atom stereocenters. The summed E-state index contributed by atoms with van der Waals surface area (Å²) < 4.78 is 0. The van der Waals surface area contributed by atoms with Gasteiger partial charge in [0.05, 0.1) is 0 Å². The highest BCUT2D eigenvalue weighted by molar-refractivity contribution is 5.83. The van der Waals surface area contributed by atoms with Crippen LogP contribution in [-0.4, -0.2) is 34.0 Å². The molecule has 1 saturated carbocycles. The van der Waals surface area contributed by atoms with Crippen molar-refractivity contribution in [2.75, 3.05) is 38.0 Å². The smallest absolute Gasteiger partial charge is 0.137 e. The van der Waals surface area contributed by atoms with E-state index in [1.807, 2.05) is 0 Å². The topological polar surface area (TPSA) is 23.6 Å². The first-order valence-corrected chi connectivity index (χ1v) is 10.8. The van der Waals surface area contributed by atoms with Crippen molar-refractivity contribution in [3.05, 3.63) is 59.7 Å². The fraction of sp³-hybridized carbons (Fsp3) is 0.500. The van der Waals surface area contributed by atoms with E-state index in [4.69, 9.17) is 0 Å². The van der Waals surface area contributed by atoms with Crippen LogP contribution in [0.4, 0.5) is 11.4 Å². The van der Waals surface area contributed by atoms with Gasteiger partial charge >= 0.3 is 0 Å². The molecule has 0 radical (unpaired) electrons. The molecule has 0 amide bonds. The standard InChI is InChI=1S/C26H36N2O/c1-18(2)21-11-16-24(25(29)17-21)26(19-7-12-22(13-8-19)27(3)4)20-9-14-23(15-10-20)28(5)6/h7-10,12-15,18,21,24,26H,11,16-17H2,1-6H3/t21-,24+/m0/s1. The normalized spacial score (nSPS) is 19.7. The maximum atomic E-state index is 13.2. The second-order valence-electron chi connectivity index (χ2n) is 9.31. The second-order valence-corrected chi connectivity index (χ2v) is 9.31. The molecule has 0 aliphatic heterocycles. The van der Waals surface area contributed by atoms with Crippen molar-refractivity contribution in [1.29, 1.82) is 0 Å². The number of hydrogen-bond donors (Lipinski definition) is 0. The van der Waals surface area contributed by atoms with Gasteiger partial charge in [0.2, 0.25) is 0 Å². The van der Waals surface area contributed by atoms with Gasteiger partial charge in [-0.3, -0.25) is 4.79 Å². The summed E-state index contributed by atoms with van der Waals surface area (Å²) in [6.07, 6.45) is 2.86. The highest BCUT2D eigenvalue weighted by atomic mass is 16.1. The Morgan fingerprint density at radius 1 is 0.759 bits per heavy atom. The van der Waals surface area contributed by atoms with Crippen molar-refractivity contribution < 1.29 is 4.79 Å². The van der Waals surface area contributed by atoms with Crippen LogP contribution in [0.5, 0.6) is 0 Å². The van der Waals surface area contributed by atoms with Crippen LogP contribution in [0.2, 0.25) is 0 Å².